The second-order valence-electron chi connectivity index (χ2n) is 3.75. The Labute approximate surface area is 89.9 Å². The molecular formula is C10H19N3S. The molecule has 0 fully saturated rings. The fourth-order valence-corrected chi connectivity index (χ4v) is 2.22. The molecule has 1 heterocycles. The highest BCUT2D eigenvalue weighted by Crippen LogP contribution is 2.27. The van der Waals surface area contributed by atoms with Crippen LogP contribution in [0.2, 0.25) is 0 Å². The van der Waals surface area contributed by atoms with E-state index >= 15 is 0 Å². The van der Waals surface area contributed by atoms with E-state index in [-0.39, 0.29) is 6.04 Å². The molecule has 0 aliphatic heterocycles. The van der Waals surface area contributed by atoms with Crippen LogP contribution in [0.15, 0.2) is 0 Å². The van der Waals surface area contributed by atoms with Crippen molar-refractivity contribution in [2.45, 2.75) is 46.1 Å². The maximum atomic E-state index is 6.15. The van der Waals surface area contributed by atoms with Crippen molar-refractivity contribution >= 4 is 11.5 Å². The summed E-state index contributed by atoms with van der Waals surface area (Å²) in [5, 5.41) is 4.13. The summed E-state index contributed by atoms with van der Waals surface area (Å²) in [7, 11) is 0. The summed E-state index contributed by atoms with van der Waals surface area (Å²) in [4.78, 5) is 1.18. The lowest BCUT2D eigenvalue weighted by Gasteiger charge is -2.16. The van der Waals surface area contributed by atoms with Gasteiger partial charge in [-0.05, 0) is 23.9 Å². The minimum Gasteiger partial charge on any atom is -0.323 e. The lowest BCUT2D eigenvalue weighted by Crippen LogP contribution is -2.18. The van der Waals surface area contributed by atoms with Gasteiger partial charge >= 0.3 is 0 Å². The van der Waals surface area contributed by atoms with Crippen molar-refractivity contribution in [3.63, 3.8) is 0 Å². The first kappa shape index (κ1) is 11.6. The van der Waals surface area contributed by atoms with Gasteiger partial charge in [-0.2, -0.15) is 0 Å². The quantitative estimate of drug-likeness (QED) is 0.817. The highest BCUT2D eigenvalue weighted by Gasteiger charge is 2.19. The largest absolute Gasteiger partial charge is 0.323 e. The summed E-state index contributed by atoms with van der Waals surface area (Å²) < 4.78 is 3.99. The van der Waals surface area contributed by atoms with Crippen molar-refractivity contribution < 1.29 is 0 Å². The molecule has 4 heteroatoms. The summed E-state index contributed by atoms with van der Waals surface area (Å²) >= 11 is 1.46. The smallest absolute Gasteiger partial charge is 0.0803 e. The molecule has 2 N–H and O–H groups in total. The van der Waals surface area contributed by atoms with Gasteiger partial charge in [0.1, 0.15) is 0 Å². The number of hydrogen-bond donors (Lipinski definition) is 1. The van der Waals surface area contributed by atoms with Gasteiger partial charge in [0.25, 0.3) is 0 Å². The Balaban J connectivity index is 2.77. The van der Waals surface area contributed by atoms with Gasteiger partial charge < -0.3 is 5.73 Å². The molecule has 2 unspecified atom stereocenters. The summed E-state index contributed by atoms with van der Waals surface area (Å²) in [6, 6.07) is 0.113. The van der Waals surface area contributed by atoms with Crippen LogP contribution in [0.1, 0.15) is 50.2 Å². The third-order valence-electron chi connectivity index (χ3n) is 2.63. The fraction of sp³-hybridized carbons (Fsp3) is 0.800. The fourth-order valence-electron chi connectivity index (χ4n) is 1.39. The Morgan fingerprint density at radius 1 is 1.43 bits per heavy atom. The lowest BCUT2D eigenvalue weighted by molar-refractivity contribution is 0.459. The second kappa shape index (κ2) is 5.41. The Hall–Kier alpha value is -0.480. The summed E-state index contributed by atoms with van der Waals surface area (Å²) in [5.41, 5.74) is 7.26. The van der Waals surface area contributed by atoms with Crippen LogP contribution in [-0.4, -0.2) is 9.59 Å². The maximum Gasteiger partial charge on any atom is 0.0803 e. The molecule has 1 aromatic heterocycles. The average molecular weight is 213 g/mol. The second-order valence-corrected chi connectivity index (χ2v) is 4.53. The number of hydrogen-bond acceptors (Lipinski definition) is 4. The first-order chi connectivity index (χ1) is 6.70. The zero-order chi connectivity index (χ0) is 10.6. The van der Waals surface area contributed by atoms with Crippen LogP contribution in [-0.2, 0) is 6.42 Å². The van der Waals surface area contributed by atoms with Crippen LogP contribution in [0.3, 0.4) is 0 Å². The highest BCUT2D eigenvalue weighted by atomic mass is 32.1. The molecule has 0 aromatic carbocycles. The molecule has 0 saturated heterocycles. The first-order valence-electron chi connectivity index (χ1n) is 5.27. The minimum absolute atomic E-state index is 0.113. The van der Waals surface area contributed by atoms with Gasteiger partial charge in [0, 0.05) is 6.04 Å². The van der Waals surface area contributed by atoms with Gasteiger partial charge in [-0.1, -0.05) is 38.1 Å². The minimum atomic E-state index is 0.113. The normalized spacial score (nSPS) is 15.4. The molecule has 0 amide bonds. The molecule has 0 bridgehead atoms. The van der Waals surface area contributed by atoms with Gasteiger partial charge in [-0.25, -0.2) is 0 Å². The topological polar surface area (TPSA) is 51.8 Å². The van der Waals surface area contributed by atoms with Crippen molar-refractivity contribution in [1.82, 2.24) is 9.59 Å². The maximum absolute atomic E-state index is 6.15. The molecule has 2 atom stereocenters. The lowest BCUT2D eigenvalue weighted by atomic mass is 9.97. The third-order valence-corrected chi connectivity index (χ3v) is 3.50. The number of aryl methyl sites for hydroxylation is 1. The molecule has 1 aromatic rings. The Morgan fingerprint density at radius 3 is 2.71 bits per heavy atom. The first-order valence-corrected chi connectivity index (χ1v) is 6.04. The molecule has 0 radical (unpaired) electrons. The summed E-state index contributed by atoms with van der Waals surface area (Å²) in [6.07, 6.45) is 3.20. The molecule has 0 spiro atoms. The molecule has 3 nitrogen and oxygen atoms in total. The van der Waals surface area contributed by atoms with E-state index in [1.54, 1.807) is 0 Å². The summed E-state index contributed by atoms with van der Waals surface area (Å²) in [6.45, 7) is 6.50. The van der Waals surface area contributed by atoms with Gasteiger partial charge in [-0.3, -0.25) is 0 Å². The zero-order valence-electron chi connectivity index (χ0n) is 9.16. The number of nitrogens with zero attached hydrogens (tertiary/aromatic N) is 2. The molecule has 0 saturated carbocycles. The van der Waals surface area contributed by atoms with Crippen LogP contribution in [0.4, 0.5) is 0 Å². The molecular weight excluding hydrogens is 194 g/mol. The predicted molar refractivity (Wildman–Crippen MR) is 60.3 cm³/mol. The van der Waals surface area contributed by atoms with Crippen LogP contribution in [0, 0.1) is 5.92 Å². The predicted octanol–water partition coefficient (Wildman–Crippen LogP) is 2.54. The standard InChI is InChI=1S/C10H19N3S/c1-4-6-8-10(14-13-12-8)9(11)7(3)5-2/h7,9H,4-6,11H2,1-3H3. The van der Waals surface area contributed by atoms with Crippen LogP contribution in [0.25, 0.3) is 0 Å². The Bertz CT molecular complexity index is 272. The molecule has 80 valence electrons. The van der Waals surface area contributed by atoms with Crippen molar-refractivity contribution in [3.8, 4) is 0 Å². The average Bonchev–Trinajstić information content (AvgIpc) is 2.64. The van der Waals surface area contributed by atoms with Gasteiger partial charge in [0.2, 0.25) is 0 Å². The van der Waals surface area contributed by atoms with Gasteiger partial charge in [0.15, 0.2) is 0 Å². The number of rotatable bonds is 5. The van der Waals surface area contributed by atoms with Crippen LogP contribution in [0.5, 0.6) is 0 Å². The SMILES string of the molecule is CCCc1nnsc1C(N)C(C)CC. The van der Waals surface area contributed by atoms with Gasteiger partial charge in [0.05, 0.1) is 10.6 Å². The van der Waals surface area contributed by atoms with E-state index in [4.69, 9.17) is 5.73 Å². The van der Waals surface area contributed by atoms with Crippen LogP contribution < -0.4 is 5.73 Å². The zero-order valence-corrected chi connectivity index (χ0v) is 9.97. The summed E-state index contributed by atoms with van der Waals surface area (Å²) in [5.74, 6) is 0.507. The van der Waals surface area contributed by atoms with Crippen LogP contribution >= 0.6 is 11.5 Å². The van der Waals surface area contributed by atoms with Gasteiger partial charge in [-0.15, -0.1) is 5.10 Å². The van der Waals surface area contributed by atoms with Crippen molar-refractivity contribution in [2.24, 2.45) is 11.7 Å². The van der Waals surface area contributed by atoms with Crippen molar-refractivity contribution in [1.29, 1.82) is 0 Å². The van der Waals surface area contributed by atoms with E-state index < -0.39 is 0 Å². The van der Waals surface area contributed by atoms with E-state index in [2.05, 4.69) is 30.4 Å². The third kappa shape index (κ3) is 2.51. The van der Waals surface area contributed by atoms with E-state index in [1.165, 1.54) is 16.4 Å². The number of aromatic nitrogens is 2. The molecule has 0 aliphatic carbocycles. The number of nitrogens with two attached hydrogens (primary N) is 1. The molecule has 1 rings (SSSR count). The Morgan fingerprint density at radius 2 is 2.14 bits per heavy atom. The van der Waals surface area contributed by atoms with Crippen molar-refractivity contribution in [2.75, 3.05) is 0 Å². The van der Waals surface area contributed by atoms with Crippen molar-refractivity contribution in [3.05, 3.63) is 10.6 Å². The molecule has 14 heavy (non-hydrogen) atoms. The molecule has 0 aliphatic rings. The van der Waals surface area contributed by atoms with E-state index in [0.29, 0.717) is 5.92 Å². The van der Waals surface area contributed by atoms with E-state index in [0.717, 1.165) is 25.0 Å². The highest BCUT2D eigenvalue weighted by molar-refractivity contribution is 7.05. The van der Waals surface area contributed by atoms with E-state index in [9.17, 15) is 0 Å². The Kier molecular flexibility index (Phi) is 4.48. The van der Waals surface area contributed by atoms with E-state index in [1.807, 2.05) is 0 Å². The monoisotopic (exact) mass is 213 g/mol.